The number of likely N-dealkylation sites (tertiary alicyclic amines) is 1. The number of nitrogens with zero attached hydrogens (tertiary/aromatic N) is 1. The summed E-state index contributed by atoms with van der Waals surface area (Å²) in [5.74, 6) is 0.287. The zero-order valence-corrected chi connectivity index (χ0v) is 19.0. The highest BCUT2D eigenvalue weighted by Gasteiger charge is 2.69. The van der Waals surface area contributed by atoms with E-state index in [0.29, 0.717) is 30.3 Å². The normalized spacial score (nSPS) is 39.5. The second-order valence-electron chi connectivity index (χ2n) is 11.3. The Labute approximate surface area is 192 Å². The first-order valence-electron chi connectivity index (χ1n) is 11.9. The highest BCUT2D eigenvalue weighted by Crippen LogP contribution is 2.67. The molecule has 7 rings (SSSR count). The third-order valence-electron chi connectivity index (χ3n) is 9.34. The van der Waals surface area contributed by atoms with Gasteiger partial charge in [0.05, 0.1) is 16.9 Å². The maximum Gasteiger partial charge on any atom is 0.303 e. The third kappa shape index (κ3) is 2.60. The van der Waals surface area contributed by atoms with E-state index in [0.717, 1.165) is 18.4 Å². The first-order chi connectivity index (χ1) is 15.6. The van der Waals surface area contributed by atoms with E-state index >= 15 is 0 Å². The molecule has 5 fully saturated rings. The van der Waals surface area contributed by atoms with Gasteiger partial charge in [0.1, 0.15) is 0 Å². The number of carbonyl (C=O) groups excluding carboxylic acids is 2. The van der Waals surface area contributed by atoms with Crippen molar-refractivity contribution in [3.05, 3.63) is 23.8 Å². The SMILES string of the molecule is CC1(C)C(=O)N(C2C3CC4C[C@@H]2C(CC(=O)O)[C@@](C(N)=O)(C4)C3)C1c1cccc2c1OCO2. The number of para-hydroxylation sites is 1. The first-order valence-corrected chi connectivity index (χ1v) is 11.9. The molecule has 4 aliphatic carbocycles. The summed E-state index contributed by atoms with van der Waals surface area (Å²) in [5, 5.41) is 9.70. The fourth-order valence-electron chi connectivity index (χ4n) is 8.30. The van der Waals surface area contributed by atoms with Crippen LogP contribution in [0.3, 0.4) is 0 Å². The van der Waals surface area contributed by atoms with Crippen LogP contribution in [0, 0.1) is 34.5 Å². The van der Waals surface area contributed by atoms with Crippen LogP contribution in [0.4, 0.5) is 0 Å². The van der Waals surface area contributed by atoms with Crippen molar-refractivity contribution in [2.75, 3.05) is 6.79 Å². The summed E-state index contributed by atoms with van der Waals surface area (Å²) in [6, 6.07) is 5.49. The molecule has 2 aliphatic heterocycles. The van der Waals surface area contributed by atoms with Crippen molar-refractivity contribution >= 4 is 17.8 Å². The number of primary amides is 1. The average molecular weight is 455 g/mol. The van der Waals surface area contributed by atoms with Crippen molar-refractivity contribution in [3.63, 3.8) is 0 Å². The minimum atomic E-state index is -0.912. The molecule has 5 unspecified atom stereocenters. The van der Waals surface area contributed by atoms with Gasteiger partial charge in [0, 0.05) is 18.0 Å². The van der Waals surface area contributed by atoms with Gasteiger partial charge in [-0.05, 0) is 69.3 Å². The van der Waals surface area contributed by atoms with Gasteiger partial charge in [0.15, 0.2) is 11.5 Å². The molecule has 1 saturated heterocycles. The molecule has 0 aromatic heterocycles. The van der Waals surface area contributed by atoms with E-state index in [9.17, 15) is 19.5 Å². The van der Waals surface area contributed by atoms with Crippen LogP contribution in [0.2, 0.25) is 0 Å². The van der Waals surface area contributed by atoms with Gasteiger partial charge in [-0.2, -0.15) is 0 Å². The van der Waals surface area contributed by atoms with Crippen molar-refractivity contribution in [1.82, 2.24) is 4.90 Å². The zero-order valence-electron chi connectivity index (χ0n) is 19.0. The van der Waals surface area contributed by atoms with Gasteiger partial charge in [0.2, 0.25) is 18.6 Å². The Morgan fingerprint density at radius 2 is 2.00 bits per heavy atom. The molecule has 8 heteroatoms. The Kier molecular flexibility index (Phi) is 4.19. The lowest BCUT2D eigenvalue weighted by Gasteiger charge is -2.68. The molecule has 0 spiro atoms. The number of β-lactam (4-membered cyclic amide) rings is 1. The van der Waals surface area contributed by atoms with Gasteiger partial charge in [-0.3, -0.25) is 14.4 Å². The third-order valence-corrected chi connectivity index (χ3v) is 9.34. The lowest BCUT2D eigenvalue weighted by atomic mass is 9.42. The molecule has 1 aromatic carbocycles. The Balaban J connectivity index is 1.43. The number of carboxylic acids is 1. The van der Waals surface area contributed by atoms with Crippen LogP contribution >= 0.6 is 0 Å². The molecule has 1 aromatic rings. The highest BCUT2D eigenvalue weighted by atomic mass is 16.7. The van der Waals surface area contributed by atoms with Crippen LogP contribution in [-0.4, -0.2) is 40.6 Å². The van der Waals surface area contributed by atoms with Gasteiger partial charge in [-0.25, -0.2) is 0 Å². The van der Waals surface area contributed by atoms with E-state index in [1.54, 1.807) is 0 Å². The van der Waals surface area contributed by atoms with Crippen molar-refractivity contribution in [1.29, 1.82) is 0 Å². The minimum Gasteiger partial charge on any atom is -0.481 e. The van der Waals surface area contributed by atoms with E-state index in [4.69, 9.17) is 15.2 Å². The molecule has 4 bridgehead atoms. The largest absolute Gasteiger partial charge is 0.481 e. The number of benzene rings is 1. The summed E-state index contributed by atoms with van der Waals surface area (Å²) < 4.78 is 11.4. The second-order valence-corrected chi connectivity index (χ2v) is 11.3. The molecule has 7 atom stereocenters. The zero-order chi connectivity index (χ0) is 23.3. The summed E-state index contributed by atoms with van der Waals surface area (Å²) in [4.78, 5) is 40.1. The molecule has 2 heterocycles. The number of carbonyl (C=O) groups is 3. The lowest BCUT2D eigenvalue weighted by molar-refractivity contribution is -0.211. The van der Waals surface area contributed by atoms with E-state index in [-0.39, 0.29) is 54.9 Å². The van der Waals surface area contributed by atoms with Crippen LogP contribution in [0.15, 0.2) is 18.2 Å². The van der Waals surface area contributed by atoms with Gasteiger partial charge in [-0.15, -0.1) is 0 Å². The van der Waals surface area contributed by atoms with Gasteiger partial charge >= 0.3 is 5.97 Å². The number of nitrogens with two attached hydrogens (primary N) is 1. The molecular formula is C25H30N2O6. The lowest BCUT2D eigenvalue weighted by Crippen LogP contribution is -2.73. The number of aliphatic carboxylic acids is 1. The Bertz CT molecular complexity index is 1070. The Hall–Kier alpha value is -2.77. The summed E-state index contributed by atoms with van der Waals surface area (Å²) in [7, 11) is 0. The van der Waals surface area contributed by atoms with Gasteiger partial charge < -0.3 is 25.2 Å². The van der Waals surface area contributed by atoms with E-state index in [1.165, 1.54) is 0 Å². The molecular weight excluding hydrogens is 424 g/mol. The first kappa shape index (κ1) is 20.8. The number of ether oxygens (including phenoxy) is 2. The van der Waals surface area contributed by atoms with Crippen LogP contribution < -0.4 is 15.2 Å². The molecule has 8 nitrogen and oxygen atoms in total. The van der Waals surface area contributed by atoms with Crippen LogP contribution in [0.1, 0.15) is 57.6 Å². The minimum absolute atomic E-state index is 0.0451. The smallest absolute Gasteiger partial charge is 0.303 e. The van der Waals surface area contributed by atoms with Gasteiger partial charge in [0.25, 0.3) is 0 Å². The van der Waals surface area contributed by atoms with Gasteiger partial charge in [-0.1, -0.05) is 12.1 Å². The summed E-state index contributed by atoms with van der Waals surface area (Å²) in [6.45, 7) is 4.08. The molecule has 176 valence electrons. The summed E-state index contributed by atoms with van der Waals surface area (Å²) in [6.07, 6.45) is 2.97. The molecule has 0 radical (unpaired) electrons. The van der Waals surface area contributed by atoms with E-state index in [1.807, 2.05) is 36.9 Å². The second kappa shape index (κ2) is 6.64. The number of hydrogen-bond donors (Lipinski definition) is 2. The molecule has 3 N–H and O–H groups in total. The number of carboxylic acid groups (broad SMARTS) is 1. The number of rotatable bonds is 5. The van der Waals surface area contributed by atoms with Crippen LogP contribution in [-0.2, 0) is 14.4 Å². The Morgan fingerprint density at radius 3 is 2.73 bits per heavy atom. The molecule has 2 amide bonds. The predicted molar refractivity (Wildman–Crippen MR) is 116 cm³/mol. The van der Waals surface area contributed by atoms with Crippen molar-refractivity contribution in [2.45, 2.75) is 58.0 Å². The predicted octanol–water partition coefficient (Wildman–Crippen LogP) is 2.71. The monoisotopic (exact) mass is 454 g/mol. The molecule has 33 heavy (non-hydrogen) atoms. The maximum absolute atomic E-state index is 13.6. The van der Waals surface area contributed by atoms with Crippen molar-refractivity contribution in [2.24, 2.45) is 40.2 Å². The quantitative estimate of drug-likeness (QED) is 0.661. The number of hydrogen-bond acceptors (Lipinski definition) is 5. The topological polar surface area (TPSA) is 119 Å². The van der Waals surface area contributed by atoms with Crippen molar-refractivity contribution in [3.8, 4) is 11.5 Å². The highest BCUT2D eigenvalue weighted by molar-refractivity contribution is 5.91. The summed E-state index contributed by atoms with van der Waals surface area (Å²) >= 11 is 0. The molecule has 4 saturated carbocycles. The summed E-state index contributed by atoms with van der Waals surface area (Å²) in [5.41, 5.74) is 5.49. The standard InChI is InChI=1S/C25H30N2O6/c1-24(2)21(14-4-3-5-17-20(14)33-11-32-17)27(23(24)31)19-13-6-12-7-15(19)16(8-18(28)29)25(9-12,10-13)22(26)30/h3-5,12-13,15-16,19,21H,6-11H2,1-2H3,(H2,26,30)(H,28,29)/t12?,13?,15-,16?,19?,21?,25-/m1/s1. The maximum atomic E-state index is 13.6. The van der Waals surface area contributed by atoms with E-state index in [2.05, 4.69) is 0 Å². The fourth-order valence-corrected chi connectivity index (χ4v) is 8.30. The average Bonchev–Trinajstić information content (AvgIpc) is 3.24. The number of fused-ring (bicyclic) bond motifs is 1. The van der Waals surface area contributed by atoms with E-state index < -0.39 is 16.8 Å². The van der Waals surface area contributed by atoms with Crippen molar-refractivity contribution < 1.29 is 29.0 Å². The van der Waals surface area contributed by atoms with Crippen LogP contribution in [0.5, 0.6) is 11.5 Å². The fraction of sp³-hybridized carbons (Fsp3) is 0.640. The molecule has 6 aliphatic rings. The Morgan fingerprint density at radius 1 is 1.21 bits per heavy atom. The number of amides is 2. The van der Waals surface area contributed by atoms with Crippen LogP contribution in [0.25, 0.3) is 0 Å².